The fraction of sp³-hybridized carbons (Fsp3) is 0.167. The van der Waals surface area contributed by atoms with Gasteiger partial charge in [-0.05, 0) is 29.7 Å². The Morgan fingerprint density at radius 3 is 2.50 bits per heavy atom. The lowest BCUT2D eigenvalue weighted by Gasteiger charge is -2.07. The molecule has 100 valence electrons. The maximum Gasteiger partial charge on any atom is 0.0742 e. The van der Waals surface area contributed by atoms with E-state index in [0.29, 0.717) is 0 Å². The van der Waals surface area contributed by atoms with Crippen molar-refractivity contribution in [3.05, 3.63) is 77.5 Å². The van der Waals surface area contributed by atoms with E-state index in [2.05, 4.69) is 60.4 Å². The van der Waals surface area contributed by atoms with Crippen molar-refractivity contribution in [3.8, 4) is 0 Å². The number of fused-ring (bicyclic) bond motifs is 1. The Morgan fingerprint density at radius 1 is 0.850 bits per heavy atom. The van der Waals surface area contributed by atoms with Gasteiger partial charge < -0.3 is 0 Å². The summed E-state index contributed by atoms with van der Waals surface area (Å²) >= 11 is 1.95. The summed E-state index contributed by atoms with van der Waals surface area (Å²) in [5.41, 5.74) is 5.25. The maximum atomic E-state index is 4.51. The summed E-state index contributed by atoms with van der Waals surface area (Å²) in [5, 5.41) is 1.22. The molecule has 0 radical (unpaired) electrons. The lowest BCUT2D eigenvalue weighted by atomic mass is 10.1. The third-order valence-electron chi connectivity index (χ3n) is 3.49. The van der Waals surface area contributed by atoms with Gasteiger partial charge in [-0.3, -0.25) is 4.98 Å². The van der Waals surface area contributed by atoms with Crippen molar-refractivity contribution in [1.29, 1.82) is 0 Å². The van der Waals surface area contributed by atoms with Gasteiger partial charge in [-0.2, -0.15) is 11.8 Å². The van der Waals surface area contributed by atoms with Gasteiger partial charge in [0.05, 0.1) is 5.52 Å². The van der Waals surface area contributed by atoms with Gasteiger partial charge in [0.15, 0.2) is 0 Å². The summed E-state index contributed by atoms with van der Waals surface area (Å²) in [6.45, 7) is 2.18. The Balaban J connectivity index is 1.73. The van der Waals surface area contributed by atoms with Crippen LogP contribution in [0.4, 0.5) is 0 Å². The van der Waals surface area contributed by atoms with E-state index in [9.17, 15) is 0 Å². The van der Waals surface area contributed by atoms with Crippen LogP contribution >= 0.6 is 11.8 Å². The molecule has 3 aromatic rings. The largest absolute Gasteiger partial charge is 0.256 e. The van der Waals surface area contributed by atoms with Crippen molar-refractivity contribution in [1.82, 2.24) is 4.98 Å². The third-order valence-corrected chi connectivity index (χ3v) is 4.52. The van der Waals surface area contributed by atoms with Crippen molar-refractivity contribution in [2.45, 2.75) is 18.4 Å². The minimum Gasteiger partial charge on any atom is -0.256 e. The van der Waals surface area contributed by atoms with E-state index in [1.807, 2.05) is 24.0 Å². The normalized spacial score (nSPS) is 10.8. The molecule has 0 spiro atoms. The molecule has 1 aromatic heterocycles. The lowest BCUT2D eigenvalue weighted by Crippen LogP contribution is -1.89. The quantitative estimate of drug-likeness (QED) is 0.668. The molecule has 0 atom stereocenters. The van der Waals surface area contributed by atoms with Gasteiger partial charge in [-0.15, -0.1) is 0 Å². The molecule has 0 fully saturated rings. The predicted molar refractivity (Wildman–Crippen MR) is 87.9 cm³/mol. The first kappa shape index (κ1) is 13.2. The first-order valence-corrected chi connectivity index (χ1v) is 7.95. The van der Waals surface area contributed by atoms with Crippen molar-refractivity contribution >= 4 is 22.7 Å². The van der Waals surface area contributed by atoms with Crippen LogP contribution in [0.15, 0.2) is 60.8 Å². The molecular weight excluding hydrogens is 262 g/mol. The maximum absolute atomic E-state index is 4.51. The van der Waals surface area contributed by atoms with Crippen LogP contribution in [-0.4, -0.2) is 4.98 Å². The molecule has 0 aliphatic rings. The molecule has 2 heteroatoms. The number of rotatable bonds is 4. The van der Waals surface area contributed by atoms with Crippen LogP contribution in [0.1, 0.15) is 16.7 Å². The Kier molecular flexibility index (Phi) is 4.03. The van der Waals surface area contributed by atoms with E-state index < -0.39 is 0 Å². The standard InChI is InChI=1S/C18H17NS/c1-14-6-2-3-7-16(14)12-20-13-17-9-4-8-15-10-5-11-19-18(15)17/h2-11H,12-13H2,1H3. The zero-order valence-electron chi connectivity index (χ0n) is 11.5. The average Bonchev–Trinajstić information content (AvgIpc) is 2.49. The van der Waals surface area contributed by atoms with Crippen LogP contribution < -0.4 is 0 Å². The van der Waals surface area contributed by atoms with Crippen LogP contribution in [0.2, 0.25) is 0 Å². The Morgan fingerprint density at radius 2 is 1.60 bits per heavy atom. The van der Waals surface area contributed by atoms with Gasteiger partial charge in [-0.1, -0.05) is 48.5 Å². The number of thioether (sulfide) groups is 1. The predicted octanol–water partition coefficient (Wildman–Crippen LogP) is 4.98. The minimum atomic E-state index is 1.00. The van der Waals surface area contributed by atoms with Gasteiger partial charge in [0.2, 0.25) is 0 Å². The van der Waals surface area contributed by atoms with Crippen LogP contribution in [0.3, 0.4) is 0 Å². The van der Waals surface area contributed by atoms with Gasteiger partial charge in [0.25, 0.3) is 0 Å². The van der Waals surface area contributed by atoms with Crippen LogP contribution in [-0.2, 0) is 11.5 Å². The van der Waals surface area contributed by atoms with Gasteiger partial charge in [-0.25, -0.2) is 0 Å². The molecule has 0 aliphatic carbocycles. The summed E-state index contributed by atoms with van der Waals surface area (Å²) < 4.78 is 0. The van der Waals surface area contributed by atoms with E-state index >= 15 is 0 Å². The van der Waals surface area contributed by atoms with E-state index in [-0.39, 0.29) is 0 Å². The molecule has 20 heavy (non-hydrogen) atoms. The number of nitrogens with zero attached hydrogens (tertiary/aromatic N) is 1. The zero-order valence-corrected chi connectivity index (χ0v) is 12.4. The van der Waals surface area contributed by atoms with Gasteiger partial charge >= 0.3 is 0 Å². The smallest absolute Gasteiger partial charge is 0.0742 e. The summed E-state index contributed by atoms with van der Waals surface area (Å²) in [5.74, 6) is 2.05. The highest BCUT2D eigenvalue weighted by Crippen LogP contribution is 2.24. The van der Waals surface area contributed by atoms with Gasteiger partial charge in [0, 0.05) is 23.1 Å². The van der Waals surface area contributed by atoms with Gasteiger partial charge in [0.1, 0.15) is 0 Å². The fourth-order valence-electron chi connectivity index (χ4n) is 2.33. The molecule has 0 amide bonds. The molecule has 3 rings (SSSR count). The number of aryl methyl sites for hydroxylation is 1. The monoisotopic (exact) mass is 279 g/mol. The third kappa shape index (κ3) is 2.86. The lowest BCUT2D eigenvalue weighted by molar-refractivity contribution is 1.29. The van der Waals surface area contributed by atoms with E-state index in [1.165, 1.54) is 22.1 Å². The highest BCUT2D eigenvalue weighted by atomic mass is 32.2. The highest BCUT2D eigenvalue weighted by molar-refractivity contribution is 7.97. The number of hydrogen-bond acceptors (Lipinski definition) is 2. The Bertz CT molecular complexity index is 716. The Hall–Kier alpha value is -1.80. The summed E-state index contributed by atoms with van der Waals surface area (Å²) in [6.07, 6.45) is 1.87. The van der Waals surface area contributed by atoms with Crippen molar-refractivity contribution in [3.63, 3.8) is 0 Å². The molecule has 0 saturated heterocycles. The summed E-state index contributed by atoms with van der Waals surface area (Å²) in [6, 6.07) is 19.1. The topological polar surface area (TPSA) is 12.9 Å². The molecule has 2 aromatic carbocycles. The van der Waals surface area contributed by atoms with E-state index in [4.69, 9.17) is 0 Å². The molecule has 1 heterocycles. The van der Waals surface area contributed by atoms with Crippen LogP contribution in [0.25, 0.3) is 10.9 Å². The van der Waals surface area contributed by atoms with Crippen molar-refractivity contribution in [2.75, 3.05) is 0 Å². The second kappa shape index (κ2) is 6.10. The van der Waals surface area contributed by atoms with E-state index in [0.717, 1.165) is 17.0 Å². The number of hydrogen-bond donors (Lipinski definition) is 0. The van der Waals surface area contributed by atoms with Crippen LogP contribution in [0.5, 0.6) is 0 Å². The molecule has 0 saturated carbocycles. The first-order valence-electron chi connectivity index (χ1n) is 6.79. The Labute approximate surface area is 124 Å². The molecular formula is C18H17NS. The zero-order chi connectivity index (χ0) is 13.8. The van der Waals surface area contributed by atoms with Crippen molar-refractivity contribution in [2.24, 2.45) is 0 Å². The molecule has 0 unspecified atom stereocenters. The number of aromatic nitrogens is 1. The highest BCUT2D eigenvalue weighted by Gasteiger charge is 2.03. The summed E-state index contributed by atoms with van der Waals surface area (Å²) in [4.78, 5) is 4.51. The average molecular weight is 279 g/mol. The molecule has 0 N–H and O–H groups in total. The molecule has 0 aliphatic heterocycles. The molecule has 0 bridgehead atoms. The number of benzene rings is 2. The first-order chi connectivity index (χ1) is 9.84. The second-order valence-electron chi connectivity index (χ2n) is 4.91. The second-order valence-corrected chi connectivity index (χ2v) is 5.90. The van der Waals surface area contributed by atoms with Crippen molar-refractivity contribution < 1.29 is 0 Å². The number of pyridine rings is 1. The van der Waals surface area contributed by atoms with E-state index in [1.54, 1.807) is 0 Å². The summed E-state index contributed by atoms with van der Waals surface area (Å²) in [7, 11) is 0. The number of para-hydroxylation sites is 1. The fourth-order valence-corrected chi connectivity index (χ4v) is 3.43. The SMILES string of the molecule is Cc1ccccc1CSCc1cccc2cccnc12. The minimum absolute atomic E-state index is 1.00. The van der Waals surface area contributed by atoms with Crippen LogP contribution in [0, 0.1) is 6.92 Å². The molecule has 1 nitrogen and oxygen atoms in total.